The van der Waals surface area contributed by atoms with Crippen molar-refractivity contribution in [3.8, 4) is 0 Å². The number of aromatic nitrogens is 1. The van der Waals surface area contributed by atoms with Gasteiger partial charge >= 0.3 is 0 Å². The van der Waals surface area contributed by atoms with Gasteiger partial charge in [0.2, 0.25) is 10.0 Å². The Balaban J connectivity index is 2.04. The molecule has 0 saturated heterocycles. The lowest BCUT2D eigenvalue weighted by atomic mass is 9.96. The van der Waals surface area contributed by atoms with Gasteiger partial charge in [0.1, 0.15) is 0 Å². The van der Waals surface area contributed by atoms with E-state index in [-0.39, 0.29) is 4.90 Å². The first-order chi connectivity index (χ1) is 10.0. The zero-order valence-electron chi connectivity index (χ0n) is 11.5. The number of nitrogens with zero attached hydrogens (tertiary/aromatic N) is 2. The lowest BCUT2D eigenvalue weighted by Gasteiger charge is -2.37. The largest absolute Gasteiger partial charge is 0.387 e. The van der Waals surface area contributed by atoms with Crippen LogP contribution in [-0.4, -0.2) is 35.9 Å². The van der Waals surface area contributed by atoms with Crippen molar-refractivity contribution in [1.82, 2.24) is 9.29 Å². The van der Waals surface area contributed by atoms with Crippen LogP contribution in [0.2, 0.25) is 0 Å². The van der Waals surface area contributed by atoms with Crippen LogP contribution in [0.1, 0.15) is 17.2 Å². The van der Waals surface area contributed by atoms with Gasteiger partial charge in [-0.25, -0.2) is 8.42 Å². The van der Waals surface area contributed by atoms with Crippen molar-refractivity contribution >= 4 is 10.0 Å². The van der Waals surface area contributed by atoms with Gasteiger partial charge in [0.05, 0.1) is 17.0 Å². The first kappa shape index (κ1) is 14.2. The molecule has 0 radical (unpaired) electrons. The van der Waals surface area contributed by atoms with Crippen molar-refractivity contribution in [3.63, 3.8) is 0 Å². The highest BCUT2D eigenvalue weighted by atomic mass is 32.2. The molecule has 6 heteroatoms. The number of sulfonamides is 1. The van der Waals surface area contributed by atoms with Crippen molar-refractivity contribution < 1.29 is 13.5 Å². The minimum Gasteiger partial charge on any atom is -0.387 e. The van der Waals surface area contributed by atoms with Gasteiger partial charge in [-0.2, -0.15) is 4.31 Å². The van der Waals surface area contributed by atoms with Crippen LogP contribution < -0.4 is 0 Å². The van der Waals surface area contributed by atoms with Crippen LogP contribution in [0.25, 0.3) is 0 Å². The average molecular weight is 304 g/mol. The summed E-state index contributed by atoms with van der Waals surface area (Å²) < 4.78 is 26.4. The maximum Gasteiger partial charge on any atom is 0.243 e. The molecule has 2 heterocycles. The molecule has 21 heavy (non-hydrogen) atoms. The lowest BCUT2D eigenvalue weighted by molar-refractivity contribution is 0.0891. The highest BCUT2D eigenvalue weighted by Crippen LogP contribution is 2.36. The molecular weight excluding hydrogens is 288 g/mol. The quantitative estimate of drug-likeness (QED) is 0.909. The highest BCUT2D eigenvalue weighted by Gasteiger charge is 2.41. The molecule has 0 saturated carbocycles. The Morgan fingerprint density at radius 2 is 2.00 bits per heavy atom. The smallest absolute Gasteiger partial charge is 0.243 e. The number of pyridine rings is 1. The summed E-state index contributed by atoms with van der Waals surface area (Å²) in [5, 5.41) is 10.6. The van der Waals surface area contributed by atoms with Gasteiger partial charge < -0.3 is 5.11 Å². The summed E-state index contributed by atoms with van der Waals surface area (Å²) in [6, 6.07) is 9.75. The van der Waals surface area contributed by atoms with Crippen molar-refractivity contribution in [1.29, 1.82) is 0 Å². The van der Waals surface area contributed by atoms with E-state index in [1.807, 2.05) is 6.07 Å². The second-order valence-electron chi connectivity index (χ2n) is 5.14. The van der Waals surface area contributed by atoms with E-state index in [0.29, 0.717) is 12.0 Å². The predicted octanol–water partition coefficient (Wildman–Crippen LogP) is 1.36. The fraction of sp³-hybridized carbons (Fsp3) is 0.267. The van der Waals surface area contributed by atoms with E-state index in [4.69, 9.17) is 0 Å². The fourth-order valence-electron chi connectivity index (χ4n) is 2.70. The molecule has 2 aromatic rings. The molecule has 0 spiro atoms. The molecule has 1 aliphatic heterocycles. The third-order valence-corrected chi connectivity index (χ3v) is 5.85. The normalized spacial score (nSPS) is 24.5. The van der Waals surface area contributed by atoms with Gasteiger partial charge in [-0.05, 0) is 24.1 Å². The number of aliphatic hydroxyl groups is 1. The molecule has 0 fully saturated rings. The van der Waals surface area contributed by atoms with Crippen molar-refractivity contribution in [2.24, 2.45) is 0 Å². The number of likely N-dealkylation sites (N-methyl/N-ethyl adjacent to an activating group) is 1. The second kappa shape index (κ2) is 5.22. The first-order valence-electron chi connectivity index (χ1n) is 6.66. The number of rotatable bonds is 2. The number of benzene rings is 1. The number of fused-ring (bicyclic) bond motifs is 1. The molecular formula is C15H16N2O3S. The van der Waals surface area contributed by atoms with E-state index in [1.54, 1.807) is 36.7 Å². The third kappa shape index (κ3) is 2.35. The van der Waals surface area contributed by atoms with Gasteiger partial charge in [0.25, 0.3) is 0 Å². The zero-order chi connectivity index (χ0) is 15.0. The highest BCUT2D eigenvalue weighted by molar-refractivity contribution is 7.89. The predicted molar refractivity (Wildman–Crippen MR) is 78.1 cm³/mol. The summed E-state index contributed by atoms with van der Waals surface area (Å²) >= 11 is 0. The Kier molecular flexibility index (Phi) is 3.52. The van der Waals surface area contributed by atoms with E-state index >= 15 is 0 Å². The fourth-order valence-corrected chi connectivity index (χ4v) is 4.29. The van der Waals surface area contributed by atoms with Crippen LogP contribution in [0.5, 0.6) is 0 Å². The number of hydrogen-bond donors (Lipinski definition) is 1. The summed E-state index contributed by atoms with van der Waals surface area (Å²) in [6.45, 7) is 0. The molecule has 2 atom stereocenters. The molecule has 1 aliphatic rings. The van der Waals surface area contributed by atoms with Crippen LogP contribution in [-0.2, 0) is 16.4 Å². The summed E-state index contributed by atoms with van der Waals surface area (Å²) in [5.74, 6) is 0. The Hall–Kier alpha value is -1.76. The van der Waals surface area contributed by atoms with Gasteiger partial charge in [-0.3, -0.25) is 4.98 Å². The van der Waals surface area contributed by atoms with Crippen LogP contribution >= 0.6 is 0 Å². The molecule has 1 N–H and O–H groups in total. The molecule has 2 unspecified atom stereocenters. The van der Waals surface area contributed by atoms with E-state index in [0.717, 1.165) is 5.56 Å². The van der Waals surface area contributed by atoms with Gasteiger partial charge in [-0.15, -0.1) is 0 Å². The third-order valence-electron chi connectivity index (χ3n) is 3.89. The first-order valence-corrected chi connectivity index (χ1v) is 8.10. The summed E-state index contributed by atoms with van der Waals surface area (Å²) in [4.78, 5) is 4.21. The van der Waals surface area contributed by atoms with Crippen molar-refractivity contribution in [2.75, 3.05) is 7.05 Å². The maximum absolute atomic E-state index is 12.5. The molecule has 5 nitrogen and oxygen atoms in total. The number of hydrogen-bond acceptors (Lipinski definition) is 4. The van der Waals surface area contributed by atoms with Crippen LogP contribution in [0.15, 0.2) is 53.7 Å². The van der Waals surface area contributed by atoms with Crippen LogP contribution in [0, 0.1) is 0 Å². The Morgan fingerprint density at radius 3 is 2.71 bits per heavy atom. The monoisotopic (exact) mass is 304 g/mol. The SMILES string of the molecule is CN1C(Cc2cccnc2)C(O)c2ccccc2S1(=O)=O. The molecule has 110 valence electrons. The lowest BCUT2D eigenvalue weighted by Crippen LogP contribution is -2.46. The van der Waals surface area contributed by atoms with E-state index in [2.05, 4.69) is 4.98 Å². The summed E-state index contributed by atoms with van der Waals surface area (Å²) in [5.41, 5.74) is 1.35. The minimum atomic E-state index is -3.57. The molecule has 0 amide bonds. The van der Waals surface area contributed by atoms with E-state index in [9.17, 15) is 13.5 Å². The van der Waals surface area contributed by atoms with Crippen molar-refractivity contribution in [2.45, 2.75) is 23.5 Å². The Labute approximate surface area is 123 Å². The molecule has 0 aliphatic carbocycles. The minimum absolute atomic E-state index is 0.183. The molecule has 0 bridgehead atoms. The zero-order valence-corrected chi connectivity index (χ0v) is 12.4. The van der Waals surface area contributed by atoms with E-state index in [1.165, 1.54) is 17.4 Å². The van der Waals surface area contributed by atoms with Crippen LogP contribution in [0.3, 0.4) is 0 Å². The molecule has 1 aromatic carbocycles. The van der Waals surface area contributed by atoms with Gasteiger partial charge in [0, 0.05) is 25.0 Å². The molecule has 1 aromatic heterocycles. The summed E-state index contributed by atoms with van der Waals surface area (Å²) in [7, 11) is -2.06. The van der Waals surface area contributed by atoms with E-state index < -0.39 is 22.2 Å². The van der Waals surface area contributed by atoms with Gasteiger partial charge in [-0.1, -0.05) is 24.3 Å². The topological polar surface area (TPSA) is 70.5 Å². The van der Waals surface area contributed by atoms with Gasteiger partial charge in [0.15, 0.2) is 0 Å². The molecule has 3 rings (SSSR count). The van der Waals surface area contributed by atoms with Crippen LogP contribution in [0.4, 0.5) is 0 Å². The Bertz CT molecular complexity index is 747. The standard InChI is InChI=1S/C15H16N2O3S/c1-17-13(9-11-5-4-8-16-10-11)15(18)12-6-2-3-7-14(12)21(17,19)20/h2-8,10,13,15,18H,9H2,1H3. The van der Waals surface area contributed by atoms with Crippen molar-refractivity contribution in [3.05, 3.63) is 59.9 Å². The maximum atomic E-state index is 12.5. The summed E-state index contributed by atoms with van der Waals surface area (Å²) in [6.07, 6.45) is 2.92. The average Bonchev–Trinajstić information content (AvgIpc) is 2.51. The number of aliphatic hydroxyl groups excluding tert-OH is 1. The second-order valence-corrected chi connectivity index (χ2v) is 7.10. The Morgan fingerprint density at radius 1 is 1.24 bits per heavy atom.